The van der Waals surface area contributed by atoms with Crippen molar-refractivity contribution in [3.8, 4) is 39.9 Å². The predicted molar refractivity (Wildman–Crippen MR) is 92.9 cm³/mol. The minimum atomic E-state index is 0.151. The van der Waals surface area contributed by atoms with Crippen molar-refractivity contribution in [2.24, 2.45) is 0 Å². The van der Waals surface area contributed by atoms with Crippen LogP contribution in [0.15, 0.2) is 18.2 Å². The molecule has 4 rings (SSSR count). The van der Waals surface area contributed by atoms with Gasteiger partial charge in [-0.25, -0.2) is 0 Å². The Morgan fingerprint density at radius 1 is 0.960 bits per heavy atom. The number of hydrogen-bond acceptors (Lipinski definition) is 6. The molecule has 6 heteroatoms. The summed E-state index contributed by atoms with van der Waals surface area (Å²) in [6, 6.07) is 6.21. The molecule has 0 amide bonds. The van der Waals surface area contributed by atoms with Gasteiger partial charge in [-0.1, -0.05) is 0 Å². The monoisotopic (exact) mass is 343 g/mol. The van der Waals surface area contributed by atoms with Gasteiger partial charge in [0.05, 0.1) is 21.3 Å². The van der Waals surface area contributed by atoms with Crippen molar-refractivity contribution in [2.75, 3.05) is 28.1 Å². The fourth-order valence-electron chi connectivity index (χ4n) is 3.55. The van der Waals surface area contributed by atoms with E-state index in [4.69, 9.17) is 23.7 Å². The van der Waals surface area contributed by atoms with Gasteiger partial charge in [0.15, 0.2) is 23.0 Å². The molecule has 2 aromatic carbocycles. The fourth-order valence-corrected chi connectivity index (χ4v) is 3.55. The number of rotatable bonds is 3. The second kappa shape index (κ2) is 6.04. The summed E-state index contributed by atoms with van der Waals surface area (Å²) in [6.45, 7) is 3.07. The van der Waals surface area contributed by atoms with Crippen LogP contribution < -0.4 is 29.0 Å². The van der Waals surface area contributed by atoms with E-state index in [0.29, 0.717) is 23.8 Å². The molecule has 25 heavy (non-hydrogen) atoms. The van der Waals surface area contributed by atoms with Crippen molar-refractivity contribution < 1.29 is 23.7 Å². The first kappa shape index (κ1) is 15.9. The van der Waals surface area contributed by atoms with E-state index in [0.717, 1.165) is 33.8 Å². The van der Waals surface area contributed by atoms with E-state index >= 15 is 0 Å². The second-order valence-corrected chi connectivity index (χ2v) is 6.07. The summed E-state index contributed by atoms with van der Waals surface area (Å²) in [5.41, 5.74) is 4.26. The molecule has 6 nitrogen and oxygen atoms in total. The first-order valence-electron chi connectivity index (χ1n) is 8.17. The van der Waals surface area contributed by atoms with Crippen molar-refractivity contribution in [2.45, 2.75) is 19.5 Å². The van der Waals surface area contributed by atoms with E-state index in [2.05, 4.69) is 12.2 Å². The van der Waals surface area contributed by atoms with Crippen molar-refractivity contribution in [1.82, 2.24) is 5.32 Å². The van der Waals surface area contributed by atoms with E-state index in [1.54, 1.807) is 21.3 Å². The largest absolute Gasteiger partial charge is 0.493 e. The summed E-state index contributed by atoms with van der Waals surface area (Å²) in [5.74, 6) is 3.41. The number of hydrogen-bond donors (Lipinski definition) is 1. The topological polar surface area (TPSA) is 58.2 Å². The zero-order valence-corrected chi connectivity index (χ0v) is 14.8. The van der Waals surface area contributed by atoms with Gasteiger partial charge in [0, 0.05) is 18.2 Å². The highest BCUT2D eigenvalue weighted by molar-refractivity contribution is 5.84. The molecule has 0 fully saturated rings. The van der Waals surface area contributed by atoms with E-state index in [1.165, 1.54) is 0 Å². The third kappa shape index (κ3) is 2.36. The first-order chi connectivity index (χ1) is 12.2. The molecule has 2 aliphatic rings. The average Bonchev–Trinajstić information content (AvgIpc) is 3.05. The second-order valence-electron chi connectivity index (χ2n) is 6.07. The number of methoxy groups -OCH3 is 3. The number of nitrogens with one attached hydrogen (secondary N) is 1. The highest BCUT2D eigenvalue weighted by Gasteiger charge is 2.29. The van der Waals surface area contributed by atoms with Crippen LogP contribution in [0, 0.1) is 0 Å². The van der Waals surface area contributed by atoms with Crippen molar-refractivity contribution in [3.05, 3.63) is 29.3 Å². The molecule has 0 aliphatic carbocycles. The van der Waals surface area contributed by atoms with Crippen LogP contribution in [0.4, 0.5) is 0 Å². The summed E-state index contributed by atoms with van der Waals surface area (Å²) in [4.78, 5) is 0. The van der Waals surface area contributed by atoms with Crippen molar-refractivity contribution in [1.29, 1.82) is 0 Å². The summed E-state index contributed by atoms with van der Waals surface area (Å²) in [5, 5.41) is 3.54. The molecule has 0 bridgehead atoms. The normalized spacial score (nSPS) is 17.4. The first-order valence-corrected chi connectivity index (χ1v) is 8.17. The average molecular weight is 343 g/mol. The zero-order chi connectivity index (χ0) is 17.6. The van der Waals surface area contributed by atoms with Crippen LogP contribution in [0.5, 0.6) is 28.7 Å². The van der Waals surface area contributed by atoms with Crippen LogP contribution in [-0.2, 0) is 6.54 Å². The van der Waals surface area contributed by atoms with Gasteiger partial charge in [-0.3, -0.25) is 0 Å². The molecule has 0 unspecified atom stereocenters. The van der Waals surface area contributed by atoms with Crippen molar-refractivity contribution >= 4 is 0 Å². The van der Waals surface area contributed by atoms with Gasteiger partial charge in [0.25, 0.3) is 0 Å². The maximum atomic E-state index is 5.74. The van der Waals surface area contributed by atoms with Crippen molar-refractivity contribution in [3.63, 3.8) is 0 Å². The summed E-state index contributed by atoms with van der Waals surface area (Å²) in [7, 11) is 4.89. The smallest absolute Gasteiger partial charge is 0.231 e. The van der Waals surface area contributed by atoms with Gasteiger partial charge in [-0.15, -0.1) is 0 Å². The number of ether oxygens (including phenoxy) is 5. The SMILES string of the molecule is COc1cc2c(c(OC)c1OC)-c1cc3c(cc1[C@@H](C)NC2)OCO3. The van der Waals surface area contributed by atoms with Gasteiger partial charge >= 0.3 is 0 Å². The molecule has 2 aliphatic heterocycles. The molecule has 0 aromatic heterocycles. The molecular weight excluding hydrogens is 322 g/mol. The Morgan fingerprint density at radius 3 is 2.36 bits per heavy atom. The van der Waals surface area contributed by atoms with Crippen LogP contribution in [-0.4, -0.2) is 28.1 Å². The van der Waals surface area contributed by atoms with Gasteiger partial charge in [0.1, 0.15) is 0 Å². The molecule has 2 aromatic rings. The third-order valence-electron chi connectivity index (χ3n) is 4.79. The van der Waals surface area contributed by atoms with E-state index < -0.39 is 0 Å². The molecule has 1 N–H and O–H groups in total. The third-order valence-corrected chi connectivity index (χ3v) is 4.79. The molecule has 0 radical (unpaired) electrons. The summed E-state index contributed by atoms with van der Waals surface area (Å²) >= 11 is 0. The van der Waals surface area contributed by atoms with Crippen LogP contribution >= 0.6 is 0 Å². The summed E-state index contributed by atoms with van der Waals surface area (Å²) in [6.07, 6.45) is 0. The van der Waals surface area contributed by atoms with Gasteiger partial charge in [-0.05, 0) is 41.8 Å². The molecule has 2 heterocycles. The Hall–Kier alpha value is -2.60. The minimum absolute atomic E-state index is 0.151. The zero-order valence-electron chi connectivity index (χ0n) is 14.8. The number of fused-ring (bicyclic) bond motifs is 4. The lowest BCUT2D eigenvalue weighted by atomic mass is 9.92. The highest BCUT2D eigenvalue weighted by Crippen LogP contribution is 2.51. The Labute approximate surface area is 146 Å². The Balaban J connectivity index is 2.04. The van der Waals surface area contributed by atoms with Gasteiger partial charge < -0.3 is 29.0 Å². The standard InChI is InChI=1S/C19H21NO5/c1-10-12-6-14-15(25-9-24-14)7-13(12)17-11(8-20-10)5-16(21-2)18(22-3)19(17)23-4/h5-7,10,20H,8-9H2,1-4H3/t10-/m1/s1. The maximum Gasteiger partial charge on any atom is 0.231 e. The van der Waals surface area contributed by atoms with E-state index in [1.807, 2.05) is 18.2 Å². The van der Waals surface area contributed by atoms with E-state index in [9.17, 15) is 0 Å². The Morgan fingerprint density at radius 2 is 1.68 bits per heavy atom. The van der Waals surface area contributed by atoms with E-state index in [-0.39, 0.29) is 12.8 Å². The number of benzene rings is 2. The molecule has 0 saturated heterocycles. The predicted octanol–water partition coefficient (Wildman–Crippen LogP) is 3.27. The lowest BCUT2D eigenvalue weighted by molar-refractivity contribution is 0.174. The van der Waals surface area contributed by atoms with Gasteiger partial charge in [0.2, 0.25) is 12.5 Å². The molecule has 0 saturated carbocycles. The fraction of sp³-hybridized carbons (Fsp3) is 0.368. The minimum Gasteiger partial charge on any atom is -0.493 e. The molecule has 0 spiro atoms. The van der Waals surface area contributed by atoms with Crippen LogP contribution in [0.3, 0.4) is 0 Å². The molecular formula is C19H21NO5. The lowest BCUT2D eigenvalue weighted by Gasteiger charge is -2.20. The van der Waals surface area contributed by atoms with Crippen LogP contribution in [0.2, 0.25) is 0 Å². The maximum absolute atomic E-state index is 5.74. The van der Waals surface area contributed by atoms with Crippen LogP contribution in [0.1, 0.15) is 24.1 Å². The Bertz CT molecular complexity index is 833. The molecule has 132 valence electrons. The Kier molecular flexibility index (Phi) is 3.84. The lowest BCUT2D eigenvalue weighted by Crippen LogP contribution is -2.16. The molecule has 1 atom stereocenters. The quantitative estimate of drug-likeness (QED) is 0.923. The summed E-state index contributed by atoms with van der Waals surface area (Å²) < 4.78 is 28.0. The van der Waals surface area contributed by atoms with Crippen LogP contribution in [0.25, 0.3) is 11.1 Å². The van der Waals surface area contributed by atoms with Gasteiger partial charge in [-0.2, -0.15) is 0 Å². The highest BCUT2D eigenvalue weighted by atomic mass is 16.7.